The summed E-state index contributed by atoms with van der Waals surface area (Å²) in [5.74, 6) is -0.802. The van der Waals surface area contributed by atoms with Crippen molar-refractivity contribution in [1.29, 1.82) is 0 Å². The van der Waals surface area contributed by atoms with Crippen molar-refractivity contribution in [3.8, 4) is 16.8 Å². The van der Waals surface area contributed by atoms with Gasteiger partial charge >= 0.3 is 0 Å². The molecule has 0 spiro atoms. The van der Waals surface area contributed by atoms with Gasteiger partial charge in [-0.3, -0.25) is 9.78 Å². The van der Waals surface area contributed by atoms with E-state index in [1.807, 2.05) is 29.0 Å². The van der Waals surface area contributed by atoms with Gasteiger partial charge in [-0.15, -0.1) is 0 Å². The first-order valence-corrected chi connectivity index (χ1v) is 12.9. The lowest BCUT2D eigenvalue weighted by Gasteiger charge is -2.23. The summed E-state index contributed by atoms with van der Waals surface area (Å²) in [7, 11) is -3.17. The predicted molar refractivity (Wildman–Crippen MR) is 131 cm³/mol. The summed E-state index contributed by atoms with van der Waals surface area (Å²) < 4.78 is 39.2. The third-order valence-corrected chi connectivity index (χ3v) is 8.32. The molecule has 1 fully saturated rings. The Bertz CT molecular complexity index is 1530. The van der Waals surface area contributed by atoms with Crippen LogP contribution in [0.5, 0.6) is 0 Å². The van der Waals surface area contributed by atoms with Gasteiger partial charge in [-0.1, -0.05) is 29.8 Å². The second-order valence-electron chi connectivity index (χ2n) is 8.82. The molecule has 0 saturated carbocycles. The number of halogens is 2. The summed E-state index contributed by atoms with van der Waals surface area (Å²) in [6.45, 7) is 1.73. The Morgan fingerprint density at radius 3 is 2.56 bits per heavy atom. The first-order valence-electron chi connectivity index (χ1n) is 10.7. The Balaban J connectivity index is 1.62. The zero-order chi connectivity index (χ0) is 24.1. The molecule has 3 heterocycles. The van der Waals surface area contributed by atoms with Gasteiger partial charge in [-0.25, -0.2) is 12.8 Å². The van der Waals surface area contributed by atoms with Crippen LogP contribution in [0.4, 0.5) is 4.39 Å². The number of hydrogen-bond acceptors (Lipinski definition) is 4. The lowest BCUT2D eigenvalue weighted by Crippen LogP contribution is -2.46. The fourth-order valence-electron chi connectivity index (χ4n) is 4.38. The maximum atomic E-state index is 13.6. The molecule has 4 aromatic rings. The van der Waals surface area contributed by atoms with E-state index in [2.05, 4.69) is 10.3 Å². The van der Waals surface area contributed by atoms with E-state index in [0.29, 0.717) is 33.7 Å². The molecule has 0 unspecified atom stereocenters. The molecular weight excluding hydrogens is 477 g/mol. The number of rotatable bonds is 4. The number of pyridine rings is 1. The molecule has 1 N–H and O–H groups in total. The van der Waals surface area contributed by atoms with Crippen molar-refractivity contribution in [2.24, 2.45) is 0 Å². The van der Waals surface area contributed by atoms with Gasteiger partial charge in [-0.05, 0) is 49.7 Å². The Labute approximate surface area is 201 Å². The first kappa shape index (κ1) is 22.6. The Kier molecular flexibility index (Phi) is 5.45. The molecular formula is C25H21ClFN3O3S. The fourth-order valence-corrected chi connectivity index (χ4v) is 6.71. The molecule has 1 aliphatic heterocycles. The molecule has 1 saturated heterocycles. The first-order chi connectivity index (χ1) is 16.1. The van der Waals surface area contributed by atoms with Crippen LogP contribution in [-0.4, -0.2) is 40.9 Å². The van der Waals surface area contributed by atoms with Crippen LogP contribution >= 0.6 is 11.6 Å². The highest BCUT2D eigenvalue weighted by Gasteiger charge is 2.39. The quantitative estimate of drug-likeness (QED) is 0.439. The Morgan fingerprint density at radius 2 is 1.88 bits per heavy atom. The van der Waals surface area contributed by atoms with Gasteiger partial charge in [0.2, 0.25) is 0 Å². The summed E-state index contributed by atoms with van der Waals surface area (Å²) in [6, 6.07) is 15.1. The molecule has 34 heavy (non-hydrogen) atoms. The van der Waals surface area contributed by atoms with Gasteiger partial charge < -0.3 is 9.88 Å². The molecule has 2 aromatic carbocycles. The van der Waals surface area contributed by atoms with Crippen LogP contribution in [0.1, 0.15) is 23.7 Å². The average Bonchev–Trinajstić information content (AvgIpc) is 3.30. The van der Waals surface area contributed by atoms with E-state index < -0.39 is 21.3 Å². The smallest absolute Gasteiger partial charge is 0.253 e. The van der Waals surface area contributed by atoms with Crippen LogP contribution in [0.25, 0.3) is 27.8 Å². The number of sulfone groups is 1. The SMILES string of the molecule is C[C@]1(NC(=O)c2cnc3c(-c4ccccc4Cl)cn(-c4ccc(F)cc4)c3c2)CCS(=O)(=O)C1. The van der Waals surface area contributed by atoms with Gasteiger partial charge in [0.25, 0.3) is 5.91 Å². The van der Waals surface area contributed by atoms with Gasteiger partial charge in [0.1, 0.15) is 5.82 Å². The van der Waals surface area contributed by atoms with E-state index in [-0.39, 0.29) is 17.3 Å². The van der Waals surface area contributed by atoms with Crippen molar-refractivity contribution in [2.75, 3.05) is 11.5 Å². The number of nitrogens with zero attached hydrogens (tertiary/aromatic N) is 2. The number of amides is 1. The molecule has 174 valence electrons. The number of carbonyl (C=O) groups excluding carboxylic acids is 1. The van der Waals surface area contributed by atoms with E-state index in [1.165, 1.54) is 18.3 Å². The minimum Gasteiger partial charge on any atom is -0.346 e. The van der Waals surface area contributed by atoms with Crippen LogP contribution < -0.4 is 5.32 Å². The van der Waals surface area contributed by atoms with Gasteiger partial charge in [0.15, 0.2) is 9.84 Å². The van der Waals surface area contributed by atoms with E-state index in [0.717, 1.165) is 11.1 Å². The number of nitrogens with one attached hydrogen (secondary N) is 1. The highest BCUT2D eigenvalue weighted by Crippen LogP contribution is 2.35. The molecule has 1 atom stereocenters. The largest absolute Gasteiger partial charge is 0.346 e. The van der Waals surface area contributed by atoms with E-state index in [4.69, 9.17) is 11.6 Å². The van der Waals surface area contributed by atoms with Gasteiger partial charge in [-0.2, -0.15) is 0 Å². The summed E-state index contributed by atoms with van der Waals surface area (Å²) in [5, 5.41) is 3.42. The molecule has 1 aliphatic rings. The lowest BCUT2D eigenvalue weighted by molar-refractivity contribution is 0.0915. The fraction of sp³-hybridized carbons (Fsp3) is 0.200. The van der Waals surface area contributed by atoms with Crippen LogP contribution in [0.15, 0.2) is 67.0 Å². The third kappa shape index (κ3) is 4.19. The van der Waals surface area contributed by atoms with Crippen molar-refractivity contribution < 1.29 is 17.6 Å². The van der Waals surface area contributed by atoms with E-state index in [1.54, 1.807) is 31.2 Å². The number of carbonyl (C=O) groups is 1. The minimum absolute atomic E-state index is 0.0513. The molecule has 1 amide bonds. The maximum Gasteiger partial charge on any atom is 0.253 e. The van der Waals surface area contributed by atoms with Crippen LogP contribution in [0, 0.1) is 5.82 Å². The zero-order valence-corrected chi connectivity index (χ0v) is 19.8. The topological polar surface area (TPSA) is 81.1 Å². The molecule has 0 aliphatic carbocycles. The molecule has 9 heteroatoms. The van der Waals surface area contributed by atoms with Crippen molar-refractivity contribution in [3.05, 3.63) is 83.4 Å². The highest BCUT2D eigenvalue weighted by molar-refractivity contribution is 7.91. The zero-order valence-electron chi connectivity index (χ0n) is 18.3. The highest BCUT2D eigenvalue weighted by atomic mass is 35.5. The number of aromatic nitrogens is 2. The normalized spacial score (nSPS) is 19.4. The summed E-state index contributed by atoms with van der Waals surface area (Å²) in [5.41, 5.74) is 2.98. The van der Waals surface area contributed by atoms with Gasteiger partial charge in [0.05, 0.1) is 33.6 Å². The molecule has 0 radical (unpaired) electrons. The maximum absolute atomic E-state index is 13.6. The Hall–Kier alpha value is -3.23. The third-order valence-electron chi connectivity index (χ3n) is 6.09. The van der Waals surface area contributed by atoms with Crippen molar-refractivity contribution in [3.63, 3.8) is 0 Å². The average molecular weight is 498 g/mol. The number of fused-ring (bicyclic) bond motifs is 1. The number of hydrogen-bond donors (Lipinski definition) is 1. The summed E-state index contributed by atoms with van der Waals surface area (Å²) >= 11 is 6.45. The molecule has 2 aromatic heterocycles. The second kappa shape index (κ2) is 8.21. The van der Waals surface area contributed by atoms with Gasteiger partial charge in [0, 0.05) is 34.2 Å². The second-order valence-corrected chi connectivity index (χ2v) is 11.4. The standard InChI is InChI=1S/C25H21ClFN3O3S/c1-25(10-11-34(32,33)15-25)29-24(31)16-12-22-23(28-13-16)20(19-4-2-3-5-21(19)26)14-30(22)18-8-6-17(27)7-9-18/h2-9,12-14H,10-11,15H2,1H3,(H,29,31)/t25-/m0/s1. The van der Waals surface area contributed by atoms with E-state index >= 15 is 0 Å². The molecule has 6 nitrogen and oxygen atoms in total. The summed E-state index contributed by atoms with van der Waals surface area (Å²) in [6.07, 6.45) is 3.69. The monoisotopic (exact) mass is 497 g/mol. The van der Waals surface area contributed by atoms with Crippen molar-refractivity contribution in [2.45, 2.75) is 18.9 Å². The molecule has 5 rings (SSSR count). The number of benzene rings is 2. The van der Waals surface area contributed by atoms with Crippen LogP contribution in [-0.2, 0) is 9.84 Å². The predicted octanol–water partition coefficient (Wildman–Crippen LogP) is 4.79. The minimum atomic E-state index is -3.17. The lowest BCUT2D eigenvalue weighted by atomic mass is 10.0. The Morgan fingerprint density at radius 1 is 1.15 bits per heavy atom. The summed E-state index contributed by atoms with van der Waals surface area (Å²) in [4.78, 5) is 17.6. The van der Waals surface area contributed by atoms with Crippen molar-refractivity contribution in [1.82, 2.24) is 14.9 Å². The van der Waals surface area contributed by atoms with Crippen LogP contribution in [0.3, 0.4) is 0 Å². The van der Waals surface area contributed by atoms with Crippen LogP contribution in [0.2, 0.25) is 5.02 Å². The molecule has 0 bridgehead atoms. The van der Waals surface area contributed by atoms with Crippen molar-refractivity contribution >= 4 is 38.4 Å². The van der Waals surface area contributed by atoms with E-state index in [9.17, 15) is 17.6 Å².